The summed E-state index contributed by atoms with van der Waals surface area (Å²) < 4.78 is 5.36. The Balaban J connectivity index is 2.13. The Morgan fingerprint density at radius 3 is 2.56 bits per heavy atom. The van der Waals surface area contributed by atoms with Gasteiger partial charge in [0.05, 0.1) is 6.04 Å². The van der Waals surface area contributed by atoms with Gasteiger partial charge in [-0.2, -0.15) is 0 Å². The standard InChI is InChI=1S/C13H19NO4/c1-13(2,3)18-12(17)14-9-4-5-10(14)7-8(6-9)11(15)16/h6,9-10H,4-5,7H2,1-3H3,(H,15,16). The van der Waals surface area contributed by atoms with Crippen LogP contribution < -0.4 is 0 Å². The van der Waals surface area contributed by atoms with Crippen molar-refractivity contribution in [3.8, 4) is 0 Å². The summed E-state index contributed by atoms with van der Waals surface area (Å²) in [5.41, 5.74) is -0.102. The van der Waals surface area contributed by atoms with Crippen LogP contribution in [0.15, 0.2) is 11.6 Å². The van der Waals surface area contributed by atoms with Crippen LogP contribution in [0, 0.1) is 0 Å². The van der Waals surface area contributed by atoms with Crippen LogP contribution in [-0.2, 0) is 9.53 Å². The Morgan fingerprint density at radius 1 is 1.39 bits per heavy atom. The van der Waals surface area contributed by atoms with E-state index >= 15 is 0 Å². The monoisotopic (exact) mass is 253 g/mol. The molecule has 0 saturated carbocycles. The van der Waals surface area contributed by atoms with Gasteiger partial charge in [0, 0.05) is 11.6 Å². The molecule has 0 aliphatic carbocycles. The molecule has 2 aliphatic rings. The van der Waals surface area contributed by atoms with Gasteiger partial charge >= 0.3 is 12.1 Å². The van der Waals surface area contributed by atoms with E-state index in [4.69, 9.17) is 9.84 Å². The van der Waals surface area contributed by atoms with Gasteiger partial charge in [-0.3, -0.25) is 4.90 Å². The topological polar surface area (TPSA) is 66.8 Å². The van der Waals surface area contributed by atoms with E-state index in [-0.39, 0.29) is 18.2 Å². The van der Waals surface area contributed by atoms with Crippen molar-refractivity contribution in [2.24, 2.45) is 0 Å². The van der Waals surface area contributed by atoms with Crippen molar-refractivity contribution in [2.75, 3.05) is 0 Å². The normalized spacial score (nSPS) is 26.8. The summed E-state index contributed by atoms with van der Waals surface area (Å²) in [5.74, 6) is -0.879. The van der Waals surface area contributed by atoms with Gasteiger partial charge in [-0.15, -0.1) is 0 Å². The lowest BCUT2D eigenvalue weighted by molar-refractivity contribution is -0.133. The summed E-state index contributed by atoms with van der Waals surface area (Å²) in [7, 11) is 0. The maximum absolute atomic E-state index is 12.1. The third-order valence-corrected chi connectivity index (χ3v) is 3.27. The highest BCUT2D eigenvalue weighted by molar-refractivity contribution is 5.87. The molecule has 1 amide bonds. The molecule has 5 nitrogen and oxygen atoms in total. The van der Waals surface area contributed by atoms with E-state index in [0.717, 1.165) is 12.8 Å². The van der Waals surface area contributed by atoms with Crippen LogP contribution in [-0.4, -0.2) is 39.8 Å². The lowest BCUT2D eigenvalue weighted by atomic mass is 10.0. The number of aliphatic carboxylic acids is 1. The lowest BCUT2D eigenvalue weighted by Crippen LogP contribution is -2.46. The molecule has 0 radical (unpaired) electrons. The molecule has 2 rings (SSSR count). The van der Waals surface area contributed by atoms with Crippen molar-refractivity contribution in [1.29, 1.82) is 0 Å². The molecule has 0 spiro atoms. The molecule has 0 aromatic heterocycles. The number of fused-ring (bicyclic) bond motifs is 2. The molecule has 100 valence electrons. The molecule has 0 aromatic carbocycles. The number of amides is 1. The number of hydrogen-bond donors (Lipinski definition) is 1. The number of carbonyl (C=O) groups excluding carboxylic acids is 1. The van der Waals surface area contributed by atoms with E-state index < -0.39 is 11.6 Å². The van der Waals surface area contributed by atoms with Crippen LogP contribution in [0.2, 0.25) is 0 Å². The minimum atomic E-state index is -0.879. The second-order valence-electron chi connectivity index (χ2n) is 5.89. The third kappa shape index (κ3) is 2.49. The number of carboxylic acid groups (broad SMARTS) is 1. The maximum Gasteiger partial charge on any atom is 0.411 e. The van der Waals surface area contributed by atoms with Crippen molar-refractivity contribution in [2.45, 2.75) is 57.7 Å². The molecule has 1 saturated heterocycles. The van der Waals surface area contributed by atoms with Gasteiger partial charge in [-0.05, 0) is 40.0 Å². The molecule has 1 N–H and O–H groups in total. The first-order valence-corrected chi connectivity index (χ1v) is 6.23. The quantitative estimate of drug-likeness (QED) is 0.777. The minimum absolute atomic E-state index is 0.0269. The Kier molecular flexibility index (Phi) is 3.09. The van der Waals surface area contributed by atoms with Gasteiger partial charge in [0.2, 0.25) is 0 Å². The molecular formula is C13H19NO4. The van der Waals surface area contributed by atoms with Crippen LogP contribution in [0.5, 0.6) is 0 Å². The highest BCUT2D eigenvalue weighted by atomic mass is 16.6. The van der Waals surface area contributed by atoms with E-state index in [1.165, 1.54) is 0 Å². The lowest BCUT2D eigenvalue weighted by Gasteiger charge is -2.34. The van der Waals surface area contributed by atoms with E-state index in [0.29, 0.717) is 12.0 Å². The number of hydrogen-bond acceptors (Lipinski definition) is 3. The van der Waals surface area contributed by atoms with Crippen LogP contribution in [0.4, 0.5) is 4.79 Å². The van der Waals surface area contributed by atoms with Crippen molar-refractivity contribution >= 4 is 12.1 Å². The van der Waals surface area contributed by atoms with Crippen LogP contribution >= 0.6 is 0 Å². The van der Waals surface area contributed by atoms with Crippen molar-refractivity contribution in [3.05, 3.63) is 11.6 Å². The molecule has 2 bridgehead atoms. The summed E-state index contributed by atoms with van der Waals surface area (Å²) in [4.78, 5) is 24.7. The van der Waals surface area contributed by atoms with Crippen molar-refractivity contribution in [3.63, 3.8) is 0 Å². The molecule has 0 aromatic rings. The summed E-state index contributed by atoms with van der Waals surface area (Å²) in [5, 5.41) is 9.01. The highest BCUT2D eigenvalue weighted by Gasteiger charge is 2.42. The Hall–Kier alpha value is -1.52. The zero-order chi connectivity index (χ0) is 13.5. The second-order valence-corrected chi connectivity index (χ2v) is 5.89. The van der Waals surface area contributed by atoms with Gasteiger partial charge in [-0.1, -0.05) is 6.08 Å². The first-order valence-electron chi connectivity index (χ1n) is 6.23. The second kappa shape index (κ2) is 4.30. The van der Waals surface area contributed by atoms with E-state index in [2.05, 4.69) is 0 Å². The van der Waals surface area contributed by atoms with Gasteiger partial charge in [0.25, 0.3) is 0 Å². The largest absolute Gasteiger partial charge is 0.478 e. The molecule has 2 aliphatic heterocycles. The Morgan fingerprint density at radius 2 is 2.06 bits per heavy atom. The van der Waals surface area contributed by atoms with Gasteiger partial charge in [0.15, 0.2) is 0 Å². The van der Waals surface area contributed by atoms with Crippen molar-refractivity contribution < 1.29 is 19.4 Å². The minimum Gasteiger partial charge on any atom is -0.478 e. The summed E-state index contributed by atoms with van der Waals surface area (Å²) in [6.07, 6.45) is 3.44. The number of nitrogens with zero attached hydrogens (tertiary/aromatic N) is 1. The van der Waals surface area contributed by atoms with Gasteiger partial charge < -0.3 is 9.84 Å². The molecule has 18 heavy (non-hydrogen) atoms. The maximum atomic E-state index is 12.1. The number of carboxylic acids is 1. The Bertz CT molecular complexity index is 408. The molecule has 5 heteroatoms. The zero-order valence-electron chi connectivity index (χ0n) is 11.0. The van der Waals surface area contributed by atoms with Crippen LogP contribution in [0.1, 0.15) is 40.0 Å². The molecule has 2 atom stereocenters. The Labute approximate surface area is 106 Å². The van der Waals surface area contributed by atoms with Gasteiger partial charge in [-0.25, -0.2) is 9.59 Å². The van der Waals surface area contributed by atoms with E-state index in [9.17, 15) is 9.59 Å². The predicted octanol–water partition coefficient (Wildman–Crippen LogP) is 2.17. The van der Waals surface area contributed by atoms with Crippen LogP contribution in [0.25, 0.3) is 0 Å². The highest BCUT2D eigenvalue weighted by Crippen LogP contribution is 2.35. The first-order chi connectivity index (χ1) is 8.28. The smallest absolute Gasteiger partial charge is 0.411 e. The fourth-order valence-corrected chi connectivity index (χ4v) is 2.59. The third-order valence-electron chi connectivity index (χ3n) is 3.27. The van der Waals surface area contributed by atoms with Gasteiger partial charge in [0.1, 0.15) is 5.60 Å². The molecular weight excluding hydrogens is 234 g/mol. The molecule has 1 fully saturated rings. The fourth-order valence-electron chi connectivity index (χ4n) is 2.59. The number of carbonyl (C=O) groups is 2. The fraction of sp³-hybridized carbons (Fsp3) is 0.692. The predicted molar refractivity (Wildman–Crippen MR) is 65.2 cm³/mol. The molecule has 2 unspecified atom stereocenters. The van der Waals surface area contributed by atoms with Crippen molar-refractivity contribution in [1.82, 2.24) is 4.90 Å². The molecule has 2 heterocycles. The zero-order valence-corrected chi connectivity index (χ0v) is 11.0. The van der Waals surface area contributed by atoms with Crippen LogP contribution in [0.3, 0.4) is 0 Å². The number of ether oxygens (including phenoxy) is 1. The average molecular weight is 253 g/mol. The summed E-state index contributed by atoms with van der Waals surface area (Å²) in [6.45, 7) is 5.49. The summed E-state index contributed by atoms with van der Waals surface area (Å²) >= 11 is 0. The van der Waals surface area contributed by atoms with E-state index in [1.807, 2.05) is 20.8 Å². The number of rotatable bonds is 1. The average Bonchev–Trinajstić information content (AvgIpc) is 2.47. The summed E-state index contributed by atoms with van der Waals surface area (Å²) in [6, 6.07) is -0.148. The SMILES string of the molecule is CC(C)(C)OC(=O)N1C2C=C(C(=O)O)CC1CC2. The van der Waals surface area contributed by atoms with E-state index in [1.54, 1.807) is 11.0 Å². The first kappa shape index (κ1) is 12.9.